The number of hydrogen-bond donors (Lipinski definition) is 2. The van der Waals surface area contributed by atoms with Crippen LogP contribution >= 0.6 is 0 Å². The van der Waals surface area contributed by atoms with E-state index in [0.717, 1.165) is 0 Å². The standard InChI is InChI=1S/C16H19N3O3/c1-11(14-8-5-9-22-14)19(2)16(21)18-13-7-4-3-6-12(13)10-15(17)20/h3-9,11H,10H2,1-2H3,(H2,17,20)(H,18,21). The van der Waals surface area contributed by atoms with E-state index in [2.05, 4.69) is 5.32 Å². The topological polar surface area (TPSA) is 88.6 Å². The monoisotopic (exact) mass is 301 g/mol. The molecule has 22 heavy (non-hydrogen) atoms. The molecule has 0 saturated carbocycles. The number of carbonyl (C=O) groups excluding carboxylic acids is 2. The van der Waals surface area contributed by atoms with Gasteiger partial charge in [0.05, 0.1) is 18.7 Å². The summed E-state index contributed by atoms with van der Waals surface area (Å²) in [7, 11) is 1.68. The Labute approximate surface area is 128 Å². The van der Waals surface area contributed by atoms with Gasteiger partial charge in [0.2, 0.25) is 5.91 Å². The van der Waals surface area contributed by atoms with E-state index in [9.17, 15) is 9.59 Å². The number of amides is 3. The SMILES string of the molecule is CC(c1ccco1)N(C)C(=O)Nc1ccccc1CC(N)=O. The lowest BCUT2D eigenvalue weighted by Crippen LogP contribution is -2.33. The molecular formula is C16H19N3O3. The summed E-state index contributed by atoms with van der Waals surface area (Å²) < 4.78 is 5.31. The summed E-state index contributed by atoms with van der Waals surface area (Å²) in [6.07, 6.45) is 1.65. The lowest BCUT2D eigenvalue weighted by atomic mass is 10.1. The average Bonchev–Trinajstić information content (AvgIpc) is 3.01. The molecule has 2 aromatic rings. The molecule has 0 radical (unpaired) electrons. The first-order valence-corrected chi connectivity index (χ1v) is 6.92. The van der Waals surface area contributed by atoms with Gasteiger partial charge in [-0.15, -0.1) is 0 Å². The molecule has 6 nitrogen and oxygen atoms in total. The molecule has 0 aliphatic heterocycles. The molecule has 1 aromatic heterocycles. The summed E-state index contributed by atoms with van der Waals surface area (Å²) in [5, 5.41) is 2.80. The molecule has 116 valence electrons. The summed E-state index contributed by atoms with van der Waals surface area (Å²) in [5.41, 5.74) is 6.48. The van der Waals surface area contributed by atoms with Crippen LogP contribution in [-0.4, -0.2) is 23.9 Å². The lowest BCUT2D eigenvalue weighted by Gasteiger charge is -2.24. The second-order valence-electron chi connectivity index (χ2n) is 5.03. The number of hydrogen-bond acceptors (Lipinski definition) is 3. The third kappa shape index (κ3) is 3.66. The van der Waals surface area contributed by atoms with E-state index in [1.807, 2.05) is 13.0 Å². The predicted molar refractivity (Wildman–Crippen MR) is 83.2 cm³/mol. The molecule has 0 saturated heterocycles. The third-order valence-corrected chi connectivity index (χ3v) is 3.48. The zero-order chi connectivity index (χ0) is 16.1. The number of anilines is 1. The Morgan fingerprint density at radius 3 is 2.64 bits per heavy atom. The van der Waals surface area contributed by atoms with Crippen LogP contribution in [0.15, 0.2) is 47.1 Å². The van der Waals surface area contributed by atoms with Crippen LogP contribution in [0.25, 0.3) is 0 Å². The van der Waals surface area contributed by atoms with Gasteiger partial charge in [0.25, 0.3) is 0 Å². The van der Waals surface area contributed by atoms with Crippen LogP contribution in [0.4, 0.5) is 10.5 Å². The Bertz CT molecular complexity index is 652. The highest BCUT2D eigenvalue weighted by molar-refractivity contribution is 5.91. The highest BCUT2D eigenvalue weighted by atomic mass is 16.3. The molecule has 2 rings (SSSR count). The van der Waals surface area contributed by atoms with Crippen molar-refractivity contribution in [3.8, 4) is 0 Å². The number of primary amides is 1. The van der Waals surface area contributed by atoms with E-state index in [1.54, 1.807) is 43.6 Å². The number of nitrogens with zero attached hydrogens (tertiary/aromatic N) is 1. The minimum absolute atomic E-state index is 0.0773. The number of nitrogens with one attached hydrogen (secondary N) is 1. The Morgan fingerprint density at radius 1 is 1.27 bits per heavy atom. The van der Waals surface area contributed by atoms with Crippen molar-refractivity contribution >= 4 is 17.6 Å². The molecule has 1 unspecified atom stereocenters. The van der Waals surface area contributed by atoms with Crippen molar-refractivity contribution in [2.45, 2.75) is 19.4 Å². The summed E-state index contributed by atoms with van der Waals surface area (Å²) in [6, 6.07) is 10.2. The van der Waals surface area contributed by atoms with Gasteiger partial charge in [0.1, 0.15) is 5.76 Å². The molecule has 6 heteroatoms. The molecule has 0 bridgehead atoms. The Hall–Kier alpha value is -2.76. The van der Waals surface area contributed by atoms with Crippen LogP contribution in [0, 0.1) is 0 Å². The molecule has 3 N–H and O–H groups in total. The minimum atomic E-state index is -0.445. The fourth-order valence-corrected chi connectivity index (χ4v) is 2.08. The first kappa shape index (κ1) is 15.6. The van der Waals surface area contributed by atoms with Gasteiger partial charge in [-0.2, -0.15) is 0 Å². The fraction of sp³-hybridized carbons (Fsp3) is 0.250. The highest BCUT2D eigenvalue weighted by Crippen LogP contribution is 2.21. The first-order chi connectivity index (χ1) is 10.5. The molecule has 0 aliphatic rings. The molecular weight excluding hydrogens is 282 g/mol. The van der Waals surface area contributed by atoms with Gasteiger partial charge in [-0.3, -0.25) is 4.79 Å². The molecule has 0 spiro atoms. The van der Waals surface area contributed by atoms with Crippen molar-refractivity contribution in [1.29, 1.82) is 0 Å². The normalized spacial score (nSPS) is 11.7. The van der Waals surface area contributed by atoms with Crippen LogP contribution in [0.5, 0.6) is 0 Å². The first-order valence-electron chi connectivity index (χ1n) is 6.92. The highest BCUT2D eigenvalue weighted by Gasteiger charge is 2.20. The van der Waals surface area contributed by atoms with E-state index in [1.165, 1.54) is 4.90 Å². The van der Waals surface area contributed by atoms with Gasteiger partial charge in [0, 0.05) is 12.7 Å². The number of para-hydroxylation sites is 1. The summed E-state index contributed by atoms with van der Waals surface area (Å²) in [4.78, 5) is 25.0. The number of carbonyl (C=O) groups is 2. The van der Waals surface area contributed by atoms with Crippen molar-refractivity contribution in [1.82, 2.24) is 4.90 Å². The van der Waals surface area contributed by atoms with E-state index < -0.39 is 5.91 Å². The average molecular weight is 301 g/mol. The van der Waals surface area contributed by atoms with Gasteiger partial charge in [-0.1, -0.05) is 18.2 Å². The maximum absolute atomic E-state index is 12.3. The number of nitrogens with two attached hydrogens (primary N) is 1. The molecule has 0 fully saturated rings. The van der Waals surface area contributed by atoms with Crippen molar-refractivity contribution in [2.24, 2.45) is 5.73 Å². The summed E-state index contributed by atoms with van der Waals surface area (Å²) >= 11 is 0. The van der Waals surface area contributed by atoms with Gasteiger partial charge in [-0.05, 0) is 30.7 Å². The van der Waals surface area contributed by atoms with Crippen LogP contribution in [0.2, 0.25) is 0 Å². The van der Waals surface area contributed by atoms with Gasteiger partial charge >= 0.3 is 6.03 Å². The summed E-state index contributed by atoms with van der Waals surface area (Å²) in [5.74, 6) is 0.252. The van der Waals surface area contributed by atoms with E-state index in [0.29, 0.717) is 17.0 Å². The van der Waals surface area contributed by atoms with Crippen LogP contribution < -0.4 is 11.1 Å². The van der Waals surface area contributed by atoms with Crippen molar-refractivity contribution < 1.29 is 14.0 Å². The largest absolute Gasteiger partial charge is 0.467 e. The number of urea groups is 1. The molecule has 0 aliphatic carbocycles. The van der Waals surface area contributed by atoms with E-state index >= 15 is 0 Å². The smallest absolute Gasteiger partial charge is 0.322 e. The Balaban J connectivity index is 2.10. The number of furan rings is 1. The molecule has 1 atom stereocenters. The lowest BCUT2D eigenvalue weighted by molar-refractivity contribution is -0.117. The molecule has 3 amide bonds. The second-order valence-corrected chi connectivity index (χ2v) is 5.03. The van der Waals surface area contributed by atoms with Crippen molar-refractivity contribution in [3.05, 3.63) is 54.0 Å². The van der Waals surface area contributed by atoms with Crippen LogP contribution in [0.3, 0.4) is 0 Å². The van der Waals surface area contributed by atoms with Gasteiger partial charge in [0.15, 0.2) is 0 Å². The quantitative estimate of drug-likeness (QED) is 0.889. The molecule has 1 heterocycles. The number of benzene rings is 1. The molecule has 1 aromatic carbocycles. The minimum Gasteiger partial charge on any atom is -0.467 e. The fourth-order valence-electron chi connectivity index (χ4n) is 2.08. The zero-order valence-corrected chi connectivity index (χ0v) is 12.6. The van der Waals surface area contributed by atoms with E-state index in [4.69, 9.17) is 10.2 Å². The zero-order valence-electron chi connectivity index (χ0n) is 12.6. The number of rotatable bonds is 5. The van der Waals surface area contributed by atoms with Crippen molar-refractivity contribution in [2.75, 3.05) is 12.4 Å². The Kier molecular flexibility index (Phi) is 4.83. The summed E-state index contributed by atoms with van der Waals surface area (Å²) in [6.45, 7) is 1.87. The van der Waals surface area contributed by atoms with Crippen LogP contribution in [-0.2, 0) is 11.2 Å². The maximum Gasteiger partial charge on any atom is 0.322 e. The Morgan fingerprint density at radius 2 is 2.00 bits per heavy atom. The van der Waals surface area contributed by atoms with Crippen LogP contribution in [0.1, 0.15) is 24.3 Å². The van der Waals surface area contributed by atoms with E-state index in [-0.39, 0.29) is 18.5 Å². The van der Waals surface area contributed by atoms with Crippen molar-refractivity contribution in [3.63, 3.8) is 0 Å². The van der Waals surface area contributed by atoms with Gasteiger partial charge in [-0.25, -0.2) is 4.79 Å². The third-order valence-electron chi connectivity index (χ3n) is 3.48. The predicted octanol–water partition coefficient (Wildman–Crippen LogP) is 2.53. The maximum atomic E-state index is 12.3. The van der Waals surface area contributed by atoms with Gasteiger partial charge < -0.3 is 20.4 Å². The second kappa shape index (κ2) is 6.80.